The monoisotopic (exact) mass is 283 g/mol. The van der Waals surface area contributed by atoms with Crippen LogP contribution >= 0.6 is 0 Å². The molecule has 0 bridgehead atoms. The molecule has 1 atom stereocenters. The molecule has 2 aromatic rings. The van der Waals surface area contributed by atoms with Crippen LogP contribution in [-0.4, -0.2) is 17.0 Å². The van der Waals surface area contributed by atoms with Gasteiger partial charge in [-0.1, -0.05) is 60.7 Å². The molecule has 0 spiro atoms. The zero-order valence-electron chi connectivity index (χ0n) is 11.7. The summed E-state index contributed by atoms with van der Waals surface area (Å²) >= 11 is 0. The Labute approximate surface area is 123 Å². The minimum Gasteiger partial charge on any atom is -0.480 e. The third kappa shape index (κ3) is 3.11. The maximum Gasteiger partial charge on any atom is 0.323 e. The van der Waals surface area contributed by atoms with Crippen LogP contribution in [0.2, 0.25) is 0 Å². The highest BCUT2D eigenvalue weighted by molar-refractivity contribution is 6.07. The van der Waals surface area contributed by atoms with Crippen molar-refractivity contribution in [1.82, 2.24) is 5.32 Å². The van der Waals surface area contributed by atoms with Crippen LogP contribution in [0.5, 0.6) is 0 Å². The Bertz CT molecular complexity index is 625. The molecule has 0 aliphatic rings. The Balaban J connectivity index is 2.19. The van der Waals surface area contributed by atoms with Gasteiger partial charge < -0.3 is 10.4 Å². The molecule has 0 saturated heterocycles. The van der Waals surface area contributed by atoms with E-state index < -0.39 is 17.3 Å². The number of hydrogen-bond donors (Lipinski definition) is 2. The van der Waals surface area contributed by atoms with Gasteiger partial charge in [-0.2, -0.15) is 0 Å². The molecule has 0 fully saturated rings. The van der Waals surface area contributed by atoms with Gasteiger partial charge in [0.25, 0.3) is 0 Å². The van der Waals surface area contributed by atoms with Crippen molar-refractivity contribution >= 4 is 11.9 Å². The van der Waals surface area contributed by atoms with Crippen molar-refractivity contribution in [3.8, 4) is 0 Å². The molecule has 2 rings (SSSR count). The molecule has 4 nitrogen and oxygen atoms in total. The summed E-state index contributed by atoms with van der Waals surface area (Å²) in [4.78, 5) is 24.0. The van der Waals surface area contributed by atoms with Crippen LogP contribution in [0.3, 0.4) is 0 Å². The molecule has 0 aliphatic heterocycles. The van der Waals surface area contributed by atoms with Crippen LogP contribution in [0.1, 0.15) is 18.1 Å². The number of benzene rings is 2. The minimum absolute atomic E-state index is 0.301. The van der Waals surface area contributed by atoms with E-state index in [4.69, 9.17) is 0 Å². The van der Waals surface area contributed by atoms with Gasteiger partial charge >= 0.3 is 5.97 Å². The summed E-state index contributed by atoms with van der Waals surface area (Å²) < 4.78 is 0. The molecule has 0 heterocycles. The molecule has 0 saturated carbocycles. The second-order valence-corrected chi connectivity index (χ2v) is 4.96. The third-order valence-corrected chi connectivity index (χ3v) is 3.53. The predicted octanol–water partition coefficient (Wildman–Crippen LogP) is 2.35. The number of carboxylic acids is 1. The lowest BCUT2D eigenvalue weighted by atomic mass is 9.81. The van der Waals surface area contributed by atoms with E-state index in [9.17, 15) is 14.7 Å². The Morgan fingerprint density at radius 3 is 2.05 bits per heavy atom. The quantitative estimate of drug-likeness (QED) is 0.828. The summed E-state index contributed by atoms with van der Waals surface area (Å²) in [5.41, 5.74) is -0.217. The predicted molar refractivity (Wildman–Crippen MR) is 79.7 cm³/mol. The van der Waals surface area contributed by atoms with Crippen molar-refractivity contribution in [2.45, 2.75) is 18.9 Å². The van der Waals surface area contributed by atoms with Gasteiger partial charge in [0.05, 0.1) is 0 Å². The topological polar surface area (TPSA) is 66.4 Å². The van der Waals surface area contributed by atoms with E-state index in [1.54, 1.807) is 30.3 Å². The lowest BCUT2D eigenvalue weighted by Gasteiger charge is -2.24. The molecule has 1 amide bonds. The van der Waals surface area contributed by atoms with Crippen molar-refractivity contribution in [3.05, 3.63) is 71.8 Å². The zero-order valence-corrected chi connectivity index (χ0v) is 11.7. The highest BCUT2D eigenvalue weighted by Gasteiger charge is 2.42. The number of hydrogen-bond acceptors (Lipinski definition) is 2. The minimum atomic E-state index is -1.60. The van der Waals surface area contributed by atoms with Crippen LogP contribution in [-0.2, 0) is 21.5 Å². The van der Waals surface area contributed by atoms with Crippen molar-refractivity contribution in [2.75, 3.05) is 0 Å². The summed E-state index contributed by atoms with van der Waals surface area (Å²) in [7, 11) is 0. The summed E-state index contributed by atoms with van der Waals surface area (Å²) in [6.07, 6.45) is 0. The highest BCUT2D eigenvalue weighted by Crippen LogP contribution is 2.24. The van der Waals surface area contributed by atoms with E-state index in [1.165, 1.54) is 6.92 Å². The smallest absolute Gasteiger partial charge is 0.323 e. The van der Waals surface area contributed by atoms with E-state index in [0.29, 0.717) is 12.1 Å². The van der Waals surface area contributed by atoms with Crippen LogP contribution in [0.25, 0.3) is 0 Å². The lowest BCUT2D eigenvalue weighted by Crippen LogP contribution is -2.47. The maximum absolute atomic E-state index is 12.4. The second-order valence-electron chi connectivity index (χ2n) is 4.96. The fourth-order valence-corrected chi connectivity index (χ4v) is 2.08. The van der Waals surface area contributed by atoms with Crippen LogP contribution in [0, 0.1) is 0 Å². The summed E-state index contributed by atoms with van der Waals surface area (Å²) in [6, 6.07) is 17.9. The third-order valence-electron chi connectivity index (χ3n) is 3.53. The van der Waals surface area contributed by atoms with Gasteiger partial charge in [-0.25, -0.2) is 0 Å². The average molecular weight is 283 g/mol. The number of nitrogens with one attached hydrogen (secondary N) is 1. The Hall–Kier alpha value is -2.62. The van der Waals surface area contributed by atoms with Crippen LogP contribution in [0.4, 0.5) is 0 Å². The van der Waals surface area contributed by atoms with Gasteiger partial charge in [0.2, 0.25) is 5.91 Å². The highest BCUT2D eigenvalue weighted by atomic mass is 16.4. The first kappa shape index (κ1) is 14.8. The number of carbonyl (C=O) groups excluding carboxylic acids is 1. The number of amides is 1. The first-order valence-electron chi connectivity index (χ1n) is 6.66. The molecular formula is C17H17NO3. The summed E-state index contributed by atoms with van der Waals surface area (Å²) in [5, 5.41) is 12.2. The molecule has 1 unspecified atom stereocenters. The summed E-state index contributed by atoms with van der Waals surface area (Å²) in [6.45, 7) is 1.72. The zero-order chi connectivity index (χ0) is 15.3. The van der Waals surface area contributed by atoms with E-state index in [-0.39, 0.29) is 0 Å². The fraction of sp³-hybridized carbons (Fsp3) is 0.176. The Kier molecular flexibility index (Phi) is 4.38. The average Bonchev–Trinajstić information content (AvgIpc) is 2.53. The fourth-order valence-electron chi connectivity index (χ4n) is 2.08. The first-order chi connectivity index (χ1) is 10.0. The molecule has 4 heteroatoms. The number of rotatable bonds is 5. The second kappa shape index (κ2) is 6.22. The van der Waals surface area contributed by atoms with Gasteiger partial charge in [0, 0.05) is 6.54 Å². The van der Waals surface area contributed by atoms with E-state index in [0.717, 1.165) is 5.56 Å². The molecule has 0 aliphatic carbocycles. The van der Waals surface area contributed by atoms with Gasteiger partial charge in [0.1, 0.15) is 0 Å². The maximum atomic E-state index is 12.4. The van der Waals surface area contributed by atoms with Gasteiger partial charge in [-0.15, -0.1) is 0 Å². The van der Waals surface area contributed by atoms with Crippen LogP contribution in [0.15, 0.2) is 60.7 Å². The lowest BCUT2D eigenvalue weighted by molar-refractivity contribution is -0.148. The van der Waals surface area contributed by atoms with Crippen molar-refractivity contribution in [1.29, 1.82) is 0 Å². The molecule has 21 heavy (non-hydrogen) atoms. The van der Waals surface area contributed by atoms with Gasteiger partial charge in [0.15, 0.2) is 5.41 Å². The molecule has 2 N–H and O–H groups in total. The van der Waals surface area contributed by atoms with Crippen molar-refractivity contribution in [3.63, 3.8) is 0 Å². The van der Waals surface area contributed by atoms with Gasteiger partial charge in [-0.05, 0) is 18.1 Å². The molecular weight excluding hydrogens is 266 g/mol. The normalized spacial score (nSPS) is 13.2. The van der Waals surface area contributed by atoms with Gasteiger partial charge in [-0.3, -0.25) is 9.59 Å². The SMILES string of the molecule is CC(C(=O)O)(C(=O)NCc1ccccc1)c1ccccc1. The standard InChI is InChI=1S/C17H17NO3/c1-17(16(20)21,14-10-6-3-7-11-14)15(19)18-12-13-8-4-2-5-9-13/h2-11H,12H2,1H3,(H,18,19)(H,20,21). The van der Waals surface area contributed by atoms with E-state index in [2.05, 4.69) is 5.32 Å². The largest absolute Gasteiger partial charge is 0.480 e. The number of aliphatic carboxylic acids is 1. The first-order valence-corrected chi connectivity index (χ1v) is 6.66. The summed E-state index contributed by atoms with van der Waals surface area (Å²) in [5.74, 6) is -1.69. The Morgan fingerprint density at radius 1 is 1.00 bits per heavy atom. The van der Waals surface area contributed by atoms with Crippen molar-refractivity contribution < 1.29 is 14.7 Å². The van der Waals surface area contributed by atoms with E-state index in [1.807, 2.05) is 30.3 Å². The number of carbonyl (C=O) groups is 2. The number of carboxylic acid groups (broad SMARTS) is 1. The molecule has 0 aromatic heterocycles. The molecule has 2 aromatic carbocycles. The molecule has 108 valence electrons. The molecule has 0 radical (unpaired) electrons. The van der Waals surface area contributed by atoms with E-state index >= 15 is 0 Å². The van der Waals surface area contributed by atoms with Crippen molar-refractivity contribution in [2.24, 2.45) is 0 Å². The Morgan fingerprint density at radius 2 is 1.52 bits per heavy atom. The van der Waals surface area contributed by atoms with Crippen LogP contribution < -0.4 is 5.32 Å².